The van der Waals surface area contributed by atoms with Crippen molar-refractivity contribution in [3.63, 3.8) is 0 Å². The lowest BCUT2D eigenvalue weighted by atomic mass is 9.41. The molecule has 0 aromatic carbocycles. The Morgan fingerprint density at radius 2 is 1.62 bits per heavy atom. The second kappa shape index (κ2) is 8.76. The lowest BCUT2D eigenvalue weighted by Gasteiger charge is -2.63. The molecule has 0 radical (unpaired) electrons. The summed E-state index contributed by atoms with van der Waals surface area (Å²) >= 11 is 0. The van der Waals surface area contributed by atoms with E-state index in [2.05, 4.69) is 20.8 Å². The third-order valence-corrected chi connectivity index (χ3v) is 13.8. The molecule has 212 valence electrons. The van der Waals surface area contributed by atoms with E-state index in [9.17, 15) is 23.2 Å². The fourth-order valence-corrected chi connectivity index (χ4v) is 12.2. The molecule has 11 atom stereocenters. The molecule has 0 unspecified atom stereocenters. The highest BCUT2D eigenvalue weighted by Gasteiger charge is 2.82. The van der Waals surface area contributed by atoms with Gasteiger partial charge in [0.15, 0.2) is 0 Å². The summed E-state index contributed by atoms with van der Waals surface area (Å²) in [6.45, 7) is 13.4. The summed E-state index contributed by atoms with van der Waals surface area (Å²) in [5, 5.41) is 21.2. The summed E-state index contributed by atoms with van der Waals surface area (Å²) in [6.07, 6.45) is 11.5. The van der Waals surface area contributed by atoms with Gasteiger partial charge in [-0.25, -0.2) is 4.18 Å². The molecule has 0 aromatic heterocycles. The molecule has 0 saturated heterocycles. The van der Waals surface area contributed by atoms with Gasteiger partial charge in [0.1, 0.15) is 0 Å². The van der Waals surface area contributed by atoms with Gasteiger partial charge in [-0.3, -0.25) is 4.55 Å². The maximum absolute atomic E-state index is 11.6. The highest BCUT2D eigenvalue weighted by atomic mass is 32.3. The van der Waals surface area contributed by atoms with Gasteiger partial charge < -0.3 is 10.2 Å². The molecule has 5 aliphatic rings. The van der Waals surface area contributed by atoms with Gasteiger partial charge in [-0.05, 0) is 123 Å². The Morgan fingerprint density at radius 3 is 2.24 bits per heavy atom. The van der Waals surface area contributed by atoms with Crippen LogP contribution in [-0.4, -0.2) is 42.0 Å². The zero-order chi connectivity index (χ0) is 27.2. The first-order chi connectivity index (χ1) is 17.1. The number of rotatable bonds is 7. The van der Waals surface area contributed by atoms with Crippen molar-refractivity contribution in [3.8, 4) is 0 Å². The van der Waals surface area contributed by atoms with Gasteiger partial charge in [0.25, 0.3) is 0 Å². The standard InChI is InChI=1S/C30H50O6S/c1-19(2)15-21(32)16-20(3)22-9-11-28(6)24-8-7-23-26(4,18-31)25(36-37(33,34)35)10-12-29(23)17-30(24,29)14-13-27(22,28)5/h15,20-25,31-32H,7-14,16-18H2,1-6H3,(H,33,34,35)/t20-,21+,22-,23+,24+,25+,26+,27-,28+,29-,30+/m1/s1. The topological polar surface area (TPSA) is 104 Å². The smallest absolute Gasteiger partial charge is 0.396 e. The number of hydrogen-bond acceptors (Lipinski definition) is 5. The fourth-order valence-electron chi connectivity index (χ4n) is 11.6. The van der Waals surface area contributed by atoms with E-state index in [1.807, 2.05) is 26.8 Å². The molecule has 3 N–H and O–H groups in total. The molecular weight excluding hydrogens is 488 g/mol. The second-order valence-electron chi connectivity index (χ2n) is 14.9. The van der Waals surface area contributed by atoms with Crippen LogP contribution < -0.4 is 0 Å². The van der Waals surface area contributed by atoms with Crippen LogP contribution in [0.1, 0.15) is 106 Å². The Bertz CT molecular complexity index is 1050. The number of allylic oxidation sites excluding steroid dienone is 1. The van der Waals surface area contributed by atoms with E-state index in [-0.39, 0.29) is 40.3 Å². The van der Waals surface area contributed by atoms with Gasteiger partial charge in [-0.2, -0.15) is 8.42 Å². The van der Waals surface area contributed by atoms with Crippen LogP contribution in [-0.2, 0) is 14.6 Å². The van der Waals surface area contributed by atoms with Crippen LogP contribution >= 0.6 is 0 Å². The highest BCUT2D eigenvalue weighted by molar-refractivity contribution is 7.80. The highest BCUT2D eigenvalue weighted by Crippen LogP contribution is 2.89. The van der Waals surface area contributed by atoms with Crippen molar-refractivity contribution in [1.29, 1.82) is 0 Å². The van der Waals surface area contributed by atoms with Gasteiger partial charge in [-0.1, -0.05) is 39.3 Å². The minimum Gasteiger partial charge on any atom is -0.396 e. The van der Waals surface area contributed by atoms with Crippen LogP contribution in [0.4, 0.5) is 0 Å². The number of aliphatic hydroxyl groups excluding tert-OH is 2. The molecule has 5 saturated carbocycles. The Labute approximate surface area is 224 Å². The molecule has 0 bridgehead atoms. The van der Waals surface area contributed by atoms with E-state index in [1.165, 1.54) is 37.7 Å². The molecule has 6 nitrogen and oxygen atoms in total. The average molecular weight is 539 g/mol. The van der Waals surface area contributed by atoms with E-state index in [1.54, 1.807) is 0 Å². The summed E-state index contributed by atoms with van der Waals surface area (Å²) in [4.78, 5) is 0. The van der Waals surface area contributed by atoms with Crippen LogP contribution in [0.2, 0.25) is 0 Å². The fraction of sp³-hybridized carbons (Fsp3) is 0.933. The quantitative estimate of drug-likeness (QED) is 0.274. The summed E-state index contributed by atoms with van der Waals surface area (Å²) in [7, 11) is -4.57. The van der Waals surface area contributed by atoms with Crippen LogP contribution in [0.25, 0.3) is 0 Å². The summed E-state index contributed by atoms with van der Waals surface area (Å²) in [5.41, 5.74) is 1.46. The molecule has 0 amide bonds. The van der Waals surface area contributed by atoms with E-state index in [0.717, 1.165) is 25.7 Å². The van der Waals surface area contributed by atoms with Crippen molar-refractivity contribution >= 4 is 10.4 Å². The summed E-state index contributed by atoms with van der Waals surface area (Å²) in [5.74, 6) is 1.95. The zero-order valence-corrected chi connectivity index (χ0v) is 24.6. The third-order valence-electron chi connectivity index (χ3n) is 13.3. The molecule has 5 aliphatic carbocycles. The molecule has 0 aliphatic heterocycles. The van der Waals surface area contributed by atoms with Crippen molar-refractivity contribution in [2.45, 2.75) is 118 Å². The van der Waals surface area contributed by atoms with Gasteiger partial charge in [0, 0.05) is 5.41 Å². The largest absolute Gasteiger partial charge is 0.397 e. The lowest BCUT2D eigenvalue weighted by molar-refractivity contribution is -0.170. The lowest BCUT2D eigenvalue weighted by Crippen LogP contribution is -2.59. The minimum atomic E-state index is -4.57. The molecular formula is C30H50O6S. The summed E-state index contributed by atoms with van der Waals surface area (Å²) in [6, 6.07) is 0. The first-order valence-corrected chi connectivity index (χ1v) is 16.0. The Hall–Kier alpha value is -0.470. The minimum absolute atomic E-state index is 0.122. The van der Waals surface area contributed by atoms with Crippen LogP contribution in [0, 0.1) is 50.7 Å². The Kier molecular flexibility index (Phi) is 6.65. The van der Waals surface area contributed by atoms with Crippen molar-refractivity contribution in [1.82, 2.24) is 0 Å². The van der Waals surface area contributed by atoms with Gasteiger partial charge in [-0.15, -0.1) is 0 Å². The van der Waals surface area contributed by atoms with Gasteiger partial charge >= 0.3 is 10.4 Å². The average Bonchev–Trinajstić information content (AvgIpc) is 3.36. The molecule has 37 heavy (non-hydrogen) atoms. The monoisotopic (exact) mass is 538 g/mol. The molecule has 7 heteroatoms. The van der Waals surface area contributed by atoms with Gasteiger partial charge in [0.05, 0.1) is 18.8 Å². The van der Waals surface area contributed by atoms with E-state index >= 15 is 0 Å². The Balaban J connectivity index is 1.41. The van der Waals surface area contributed by atoms with E-state index in [0.29, 0.717) is 24.2 Å². The van der Waals surface area contributed by atoms with Crippen LogP contribution in [0.15, 0.2) is 11.6 Å². The Morgan fingerprint density at radius 1 is 0.973 bits per heavy atom. The van der Waals surface area contributed by atoms with Crippen molar-refractivity contribution in [3.05, 3.63) is 11.6 Å². The number of fused-ring (bicyclic) bond motifs is 2. The molecule has 5 rings (SSSR count). The maximum atomic E-state index is 11.6. The first kappa shape index (κ1) is 28.1. The molecule has 0 heterocycles. The van der Waals surface area contributed by atoms with E-state index in [4.69, 9.17) is 4.18 Å². The predicted molar refractivity (Wildman–Crippen MR) is 144 cm³/mol. The van der Waals surface area contributed by atoms with Crippen LogP contribution in [0.5, 0.6) is 0 Å². The molecule has 5 fully saturated rings. The van der Waals surface area contributed by atoms with Crippen molar-refractivity contribution in [2.75, 3.05) is 6.61 Å². The van der Waals surface area contributed by atoms with Crippen molar-refractivity contribution in [2.24, 2.45) is 50.7 Å². The number of aliphatic hydroxyl groups is 2. The third kappa shape index (κ3) is 3.88. The molecule has 0 aromatic rings. The zero-order valence-electron chi connectivity index (χ0n) is 23.8. The van der Waals surface area contributed by atoms with Crippen LogP contribution in [0.3, 0.4) is 0 Å². The maximum Gasteiger partial charge on any atom is 0.397 e. The SMILES string of the molecule is CC(C)=C[C@H](O)C[C@@H](C)[C@H]1CC[C@@]2(C)[C@@H]3CC[C@H]4[C@](C)(CO)[C@@H](OS(=O)(=O)O)CC[C@@]45C[C@@]35CC[C@]12C. The van der Waals surface area contributed by atoms with Gasteiger partial charge in [0.2, 0.25) is 0 Å². The molecule has 2 spiro atoms. The predicted octanol–water partition coefficient (Wildman–Crippen LogP) is 5.94. The van der Waals surface area contributed by atoms with Crippen molar-refractivity contribution < 1.29 is 27.4 Å². The first-order valence-electron chi connectivity index (χ1n) is 14.7. The number of hydrogen-bond donors (Lipinski definition) is 3. The summed E-state index contributed by atoms with van der Waals surface area (Å²) < 4.78 is 37.9. The normalized spacial score (nSPS) is 50.2. The second-order valence-corrected chi connectivity index (χ2v) is 15.9. The van der Waals surface area contributed by atoms with E-state index < -0.39 is 21.9 Å².